The van der Waals surface area contributed by atoms with Crippen molar-refractivity contribution in [3.05, 3.63) is 71.0 Å². The zero-order valence-electron chi connectivity index (χ0n) is 15.0. The summed E-state index contributed by atoms with van der Waals surface area (Å²) in [4.78, 5) is 8.04. The van der Waals surface area contributed by atoms with Crippen LogP contribution in [0.3, 0.4) is 0 Å². The Morgan fingerprint density at radius 1 is 0.897 bits per heavy atom. The van der Waals surface area contributed by atoms with E-state index in [9.17, 15) is 16.8 Å². The molecule has 1 aromatic heterocycles. The summed E-state index contributed by atoms with van der Waals surface area (Å²) in [6.45, 7) is 0. The molecule has 0 bridgehead atoms. The van der Waals surface area contributed by atoms with Crippen LogP contribution in [0.25, 0.3) is 11.3 Å². The van der Waals surface area contributed by atoms with Crippen LogP contribution in [0.1, 0.15) is 0 Å². The van der Waals surface area contributed by atoms with Gasteiger partial charge in [0, 0.05) is 11.6 Å². The third-order valence-electron chi connectivity index (χ3n) is 3.24. The van der Waals surface area contributed by atoms with Crippen LogP contribution >= 0.6 is 23.2 Å². The average molecular weight is 475 g/mol. The number of nitrogens with one attached hydrogen (secondary N) is 1. The molecule has 0 fully saturated rings. The average Bonchev–Trinajstić information content (AvgIpc) is 2.63. The third kappa shape index (κ3) is 7.59. The molecule has 154 valence electrons. The number of primary sulfonamides is 1. The van der Waals surface area contributed by atoms with E-state index in [1.165, 1.54) is 24.5 Å². The molecule has 12 heteroatoms. The molecule has 3 aromatic rings. The molecule has 29 heavy (non-hydrogen) atoms. The van der Waals surface area contributed by atoms with Gasteiger partial charge in [0.2, 0.25) is 20.0 Å². The number of sulfonamides is 2. The van der Waals surface area contributed by atoms with E-state index >= 15 is 0 Å². The van der Waals surface area contributed by atoms with Crippen LogP contribution in [-0.4, -0.2) is 33.1 Å². The van der Waals surface area contributed by atoms with E-state index < -0.39 is 20.0 Å². The maximum Gasteiger partial charge on any atom is 0.238 e. The van der Waals surface area contributed by atoms with Gasteiger partial charge in [-0.15, -0.1) is 0 Å². The van der Waals surface area contributed by atoms with E-state index in [2.05, 4.69) is 14.7 Å². The Kier molecular flexibility index (Phi) is 7.55. The van der Waals surface area contributed by atoms with Gasteiger partial charge >= 0.3 is 0 Å². The number of nitrogens with two attached hydrogens (primary N) is 1. The van der Waals surface area contributed by atoms with Gasteiger partial charge in [0.15, 0.2) is 0 Å². The van der Waals surface area contributed by atoms with Crippen molar-refractivity contribution < 1.29 is 16.8 Å². The molecule has 0 saturated heterocycles. The fourth-order valence-corrected chi connectivity index (χ4v) is 3.35. The van der Waals surface area contributed by atoms with Crippen LogP contribution in [0.4, 0.5) is 5.82 Å². The second-order valence-corrected chi connectivity index (χ2v) is 9.77. The van der Waals surface area contributed by atoms with Crippen molar-refractivity contribution in [1.82, 2.24) is 9.97 Å². The molecule has 0 spiro atoms. The summed E-state index contributed by atoms with van der Waals surface area (Å²) in [6.07, 6.45) is 2.32. The Morgan fingerprint density at radius 2 is 1.55 bits per heavy atom. The van der Waals surface area contributed by atoms with Crippen molar-refractivity contribution >= 4 is 49.1 Å². The highest BCUT2D eigenvalue weighted by molar-refractivity contribution is 7.92. The van der Waals surface area contributed by atoms with Crippen LogP contribution in [0.2, 0.25) is 10.0 Å². The number of hydrogen-bond acceptors (Lipinski definition) is 6. The van der Waals surface area contributed by atoms with E-state index in [0.29, 0.717) is 21.3 Å². The van der Waals surface area contributed by atoms with Crippen molar-refractivity contribution in [3.8, 4) is 11.3 Å². The number of anilines is 1. The van der Waals surface area contributed by atoms with Gasteiger partial charge in [-0.05, 0) is 24.3 Å². The SMILES string of the molecule is CS(=O)(=O)Nc1cc(-c2ccc(Cl)c(Cl)c2)ncn1.NS(=O)(=O)c1ccccc1. The fourth-order valence-electron chi connectivity index (χ4n) is 2.03. The first-order chi connectivity index (χ1) is 13.5. The molecule has 3 N–H and O–H groups in total. The first-order valence-corrected chi connectivity index (χ1v) is 12.0. The van der Waals surface area contributed by atoms with Crippen LogP contribution in [0.15, 0.2) is 65.8 Å². The largest absolute Gasteiger partial charge is 0.267 e. The van der Waals surface area contributed by atoms with Gasteiger partial charge in [0.05, 0.1) is 26.9 Å². The Labute approximate surface area is 178 Å². The molecule has 0 radical (unpaired) electrons. The molecule has 0 atom stereocenters. The molecule has 0 amide bonds. The number of benzene rings is 2. The van der Waals surface area contributed by atoms with Gasteiger partial charge < -0.3 is 0 Å². The molecular weight excluding hydrogens is 459 g/mol. The maximum atomic E-state index is 11.1. The summed E-state index contributed by atoms with van der Waals surface area (Å²) < 4.78 is 45.8. The number of hydrogen-bond donors (Lipinski definition) is 2. The number of halogens is 2. The maximum absolute atomic E-state index is 11.1. The molecule has 8 nitrogen and oxygen atoms in total. The van der Waals surface area contributed by atoms with Gasteiger partial charge in [-0.2, -0.15) is 0 Å². The Bertz CT molecular complexity index is 1210. The minimum atomic E-state index is -3.50. The predicted molar refractivity (Wildman–Crippen MR) is 114 cm³/mol. The topological polar surface area (TPSA) is 132 Å². The fraction of sp³-hybridized carbons (Fsp3) is 0.0588. The second kappa shape index (κ2) is 9.51. The highest BCUT2D eigenvalue weighted by Crippen LogP contribution is 2.28. The molecule has 0 aliphatic rings. The van der Waals surface area contributed by atoms with Gasteiger partial charge in [-0.3, -0.25) is 4.72 Å². The first kappa shape index (κ1) is 23.0. The molecule has 1 heterocycles. The lowest BCUT2D eigenvalue weighted by Gasteiger charge is -2.06. The Morgan fingerprint density at radius 3 is 2.07 bits per heavy atom. The molecule has 0 saturated carbocycles. The highest BCUT2D eigenvalue weighted by atomic mass is 35.5. The lowest BCUT2D eigenvalue weighted by Crippen LogP contribution is -2.11. The minimum Gasteiger partial charge on any atom is -0.267 e. The number of aromatic nitrogens is 2. The van der Waals surface area contributed by atoms with Crippen LogP contribution in [0.5, 0.6) is 0 Å². The quantitative estimate of drug-likeness (QED) is 0.596. The first-order valence-electron chi connectivity index (χ1n) is 7.79. The van der Waals surface area contributed by atoms with Gasteiger partial charge in [-0.1, -0.05) is 47.5 Å². The highest BCUT2D eigenvalue weighted by Gasteiger charge is 2.08. The summed E-state index contributed by atoms with van der Waals surface area (Å²) >= 11 is 11.8. The zero-order valence-corrected chi connectivity index (χ0v) is 18.1. The Hall–Kier alpha value is -2.24. The van der Waals surface area contributed by atoms with Crippen LogP contribution in [-0.2, 0) is 20.0 Å². The summed E-state index contributed by atoms with van der Waals surface area (Å²) in [6, 6.07) is 14.4. The molecule has 0 unspecified atom stereocenters. The lowest BCUT2D eigenvalue weighted by atomic mass is 10.1. The molecule has 2 aromatic carbocycles. The van der Waals surface area contributed by atoms with Gasteiger partial charge in [0.1, 0.15) is 12.1 Å². The molecule has 3 rings (SSSR count). The van der Waals surface area contributed by atoms with Crippen molar-refractivity contribution in [2.24, 2.45) is 5.14 Å². The normalized spacial score (nSPS) is 11.3. The van der Waals surface area contributed by atoms with Crippen molar-refractivity contribution in [2.75, 3.05) is 11.0 Å². The van der Waals surface area contributed by atoms with Gasteiger partial charge in [-0.25, -0.2) is 31.9 Å². The van der Waals surface area contributed by atoms with Crippen LogP contribution < -0.4 is 9.86 Å². The summed E-state index contributed by atoms with van der Waals surface area (Å²) in [5, 5.41) is 5.67. The van der Waals surface area contributed by atoms with E-state index in [1.54, 1.807) is 36.4 Å². The van der Waals surface area contributed by atoms with E-state index in [1.807, 2.05) is 0 Å². The summed E-state index contributed by atoms with van der Waals surface area (Å²) in [5.41, 5.74) is 1.26. The summed E-state index contributed by atoms with van der Waals surface area (Å²) in [7, 11) is -6.88. The van der Waals surface area contributed by atoms with E-state index in [-0.39, 0.29) is 10.7 Å². The Balaban J connectivity index is 0.000000253. The zero-order chi connectivity index (χ0) is 21.7. The third-order valence-corrected chi connectivity index (χ3v) is 5.49. The van der Waals surface area contributed by atoms with Gasteiger partial charge in [0.25, 0.3) is 0 Å². The van der Waals surface area contributed by atoms with E-state index in [0.717, 1.165) is 6.26 Å². The molecule has 0 aliphatic heterocycles. The number of nitrogens with zero attached hydrogens (tertiary/aromatic N) is 2. The van der Waals surface area contributed by atoms with Crippen molar-refractivity contribution in [3.63, 3.8) is 0 Å². The lowest BCUT2D eigenvalue weighted by molar-refractivity contribution is 0.597. The monoisotopic (exact) mass is 474 g/mol. The van der Waals surface area contributed by atoms with Crippen molar-refractivity contribution in [1.29, 1.82) is 0 Å². The second-order valence-electron chi connectivity index (χ2n) is 5.65. The smallest absolute Gasteiger partial charge is 0.238 e. The standard InChI is InChI=1S/C11H9Cl2N3O2S.C6H7NO2S/c1-19(17,18)16-11-5-10(14-6-15-11)7-2-3-8(12)9(13)4-7;7-10(8,9)6-4-2-1-3-5-6/h2-6H,1H3,(H,14,15,16);1-5H,(H2,7,8,9). The number of rotatable bonds is 4. The molecular formula is C17H16Cl2N4O4S2. The van der Waals surface area contributed by atoms with Crippen LogP contribution in [0, 0.1) is 0 Å². The summed E-state index contributed by atoms with van der Waals surface area (Å²) in [5.74, 6) is 0.193. The predicted octanol–water partition coefficient (Wildman–Crippen LogP) is 3.16. The van der Waals surface area contributed by atoms with Crippen molar-refractivity contribution in [2.45, 2.75) is 4.90 Å². The molecule has 0 aliphatic carbocycles. The minimum absolute atomic E-state index is 0.148. The van der Waals surface area contributed by atoms with E-state index in [4.69, 9.17) is 28.3 Å².